The summed E-state index contributed by atoms with van der Waals surface area (Å²) in [7, 11) is -2.14. The number of hydrogen-bond donors (Lipinski definition) is 3. The Labute approximate surface area is 102 Å². The van der Waals surface area contributed by atoms with Crippen LogP contribution in [0.5, 0.6) is 0 Å². The highest BCUT2D eigenvalue weighted by atomic mass is 32.2. The van der Waals surface area contributed by atoms with E-state index in [1.807, 2.05) is 0 Å². The zero-order chi connectivity index (χ0) is 12.9. The highest BCUT2D eigenvalue weighted by molar-refractivity contribution is 7.89. The Kier molecular flexibility index (Phi) is 4.53. The van der Waals surface area contributed by atoms with Gasteiger partial charge in [-0.25, -0.2) is 13.1 Å². The van der Waals surface area contributed by atoms with Crippen molar-refractivity contribution in [2.45, 2.75) is 11.3 Å². The summed E-state index contributed by atoms with van der Waals surface area (Å²) in [5, 5.41) is 3.12. The van der Waals surface area contributed by atoms with Gasteiger partial charge in [-0.05, 0) is 31.7 Å². The molecule has 6 heteroatoms. The Bertz CT molecular complexity index is 497. The van der Waals surface area contributed by atoms with Crippen LogP contribution in [0.3, 0.4) is 0 Å². The summed E-state index contributed by atoms with van der Waals surface area (Å²) < 4.78 is 25.4. The van der Waals surface area contributed by atoms with Crippen molar-refractivity contribution in [3.8, 4) is 0 Å². The van der Waals surface area contributed by atoms with Crippen LogP contribution in [0.4, 0.5) is 11.4 Å². The molecule has 94 valence electrons. The van der Waals surface area contributed by atoms with Gasteiger partial charge in [0.25, 0.3) is 0 Å². The van der Waals surface area contributed by atoms with Gasteiger partial charge in [-0.1, -0.05) is 6.08 Å². The summed E-state index contributed by atoms with van der Waals surface area (Å²) in [6.45, 7) is 4.35. The average Bonchev–Trinajstić information content (AvgIpc) is 2.29. The normalized spacial score (nSPS) is 11.1. The summed E-state index contributed by atoms with van der Waals surface area (Å²) in [5.41, 5.74) is 6.72. The highest BCUT2D eigenvalue weighted by Gasteiger charge is 2.14. The first kappa shape index (κ1) is 13.5. The van der Waals surface area contributed by atoms with Gasteiger partial charge < -0.3 is 11.1 Å². The molecule has 5 nitrogen and oxygen atoms in total. The van der Waals surface area contributed by atoms with Crippen LogP contribution in [0.1, 0.15) is 6.42 Å². The minimum Gasteiger partial charge on any atom is -0.398 e. The lowest BCUT2D eigenvalue weighted by Gasteiger charge is -2.09. The number of hydrogen-bond acceptors (Lipinski definition) is 4. The van der Waals surface area contributed by atoms with Crippen LogP contribution in [0.15, 0.2) is 35.7 Å². The maximum atomic E-state index is 11.6. The molecule has 1 aromatic carbocycles. The standard InChI is InChI=1S/C11H17N3O2S/c1-3-4-7-14-9-5-6-11(10(12)8-9)17(15,16)13-2/h3,5-6,8,13-14H,1,4,7,12H2,2H3. The molecule has 0 saturated heterocycles. The van der Waals surface area contributed by atoms with Gasteiger partial charge in [0.1, 0.15) is 4.90 Å². The lowest BCUT2D eigenvalue weighted by atomic mass is 10.2. The van der Waals surface area contributed by atoms with E-state index in [-0.39, 0.29) is 10.6 Å². The van der Waals surface area contributed by atoms with Crippen molar-refractivity contribution < 1.29 is 8.42 Å². The first-order chi connectivity index (χ1) is 8.01. The number of rotatable bonds is 6. The topological polar surface area (TPSA) is 84.2 Å². The van der Waals surface area contributed by atoms with E-state index in [0.29, 0.717) is 0 Å². The minimum atomic E-state index is -3.49. The van der Waals surface area contributed by atoms with Crippen molar-refractivity contribution in [1.82, 2.24) is 4.72 Å². The number of nitrogens with one attached hydrogen (secondary N) is 2. The van der Waals surface area contributed by atoms with E-state index >= 15 is 0 Å². The maximum Gasteiger partial charge on any atom is 0.242 e. The number of nitrogens with two attached hydrogens (primary N) is 1. The Morgan fingerprint density at radius 1 is 1.47 bits per heavy atom. The van der Waals surface area contributed by atoms with Crippen molar-refractivity contribution in [2.24, 2.45) is 0 Å². The molecule has 0 spiro atoms. The molecule has 0 aliphatic heterocycles. The van der Waals surface area contributed by atoms with Gasteiger partial charge in [0, 0.05) is 12.2 Å². The fourth-order valence-electron chi connectivity index (χ4n) is 1.33. The van der Waals surface area contributed by atoms with Gasteiger partial charge in [-0.15, -0.1) is 6.58 Å². The Morgan fingerprint density at radius 2 is 2.18 bits per heavy atom. The van der Waals surface area contributed by atoms with Gasteiger partial charge in [0.15, 0.2) is 0 Å². The zero-order valence-corrected chi connectivity index (χ0v) is 10.5. The number of benzene rings is 1. The summed E-state index contributed by atoms with van der Waals surface area (Å²) in [5.74, 6) is 0. The van der Waals surface area contributed by atoms with Crippen LogP contribution in [-0.2, 0) is 10.0 Å². The van der Waals surface area contributed by atoms with E-state index < -0.39 is 10.0 Å². The molecule has 4 N–H and O–H groups in total. The molecule has 0 unspecified atom stereocenters. The molecule has 0 saturated carbocycles. The third-order valence-electron chi connectivity index (χ3n) is 2.25. The third-order valence-corrected chi connectivity index (χ3v) is 3.73. The average molecular weight is 255 g/mol. The second-order valence-corrected chi connectivity index (χ2v) is 5.32. The van der Waals surface area contributed by atoms with Crippen molar-refractivity contribution in [3.63, 3.8) is 0 Å². The van der Waals surface area contributed by atoms with Gasteiger partial charge in [-0.3, -0.25) is 0 Å². The molecule has 0 aliphatic rings. The van der Waals surface area contributed by atoms with Crippen LogP contribution in [0.2, 0.25) is 0 Å². The molecule has 0 amide bonds. The second-order valence-electron chi connectivity index (χ2n) is 3.46. The van der Waals surface area contributed by atoms with Crippen molar-refractivity contribution in [3.05, 3.63) is 30.9 Å². The van der Waals surface area contributed by atoms with Gasteiger partial charge in [0.2, 0.25) is 10.0 Å². The van der Waals surface area contributed by atoms with Crippen LogP contribution in [0.25, 0.3) is 0 Å². The van der Waals surface area contributed by atoms with Crippen LogP contribution < -0.4 is 15.8 Å². The van der Waals surface area contributed by atoms with Crippen molar-refractivity contribution >= 4 is 21.4 Å². The molecule has 0 fully saturated rings. The SMILES string of the molecule is C=CCCNc1ccc(S(=O)(=O)NC)c(N)c1. The fraction of sp³-hybridized carbons (Fsp3) is 0.273. The molecular formula is C11H17N3O2S. The molecule has 0 aromatic heterocycles. The van der Waals surface area contributed by atoms with E-state index in [0.717, 1.165) is 18.7 Å². The van der Waals surface area contributed by atoms with Crippen molar-refractivity contribution in [1.29, 1.82) is 0 Å². The predicted octanol–water partition coefficient (Wildman–Crippen LogP) is 1.16. The molecule has 0 heterocycles. The second kappa shape index (κ2) is 5.70. The van der Waals surface area contributed by atoms with Gasteiger partial charge >= 0.3 is 0 Å². The molecule has 0 atom stereocenters. The molecule has 0 aliphatic carbocycles. The summed E-state index contributed by atoms with van der Waals surface area (Å²) in [4.78, 5) is 0.0919. The Hall–Kier alpha value is -1.53. The largest absolute Gasteiger partial charge is 0.398 e. The van der Waals surface area contributed by atoms with E-state index in [1.54, 1.807) is 18.2 Å². The Balaban J connectivity index is 2.90. The van der Waals surface area contributed by atoms with E-state index in [1.165, 1.54) is 13.1 Å². The monoisotopic (exact) mass is 255 g/mol. The Morgan fingerprint density at radius 3 is 2.71 bits per heavy atom. The molecule has 17 heavy (non-hydrogen) atoms. The smallest absolute Gasteiger partial charge is 0.242 e. The lowest BCUT2D eigenvalue weighted by molar-refractivity contribution is 0.588. The quantitative estimate of drug-likeness (QED) is 0.404. The number of sulfonamides is 1. The first-order valence-electron chi connectivity index (χ1n) is 5.19. The first-order valence-corrected chi connectivity index (χ1v) is 6.67. The van der Waals surface area contributed by atoms with Gasteiger partial charge in [-0.2, -0.15) is 0 Å². The van der Waals surface area contributed by atoms with Crippen LogP contribution >= 0.6 is 0 Å². The van der Waals surface area contributed by atoms with Crippen LogP contribution in [-0.4, -0.2) is 22.0 Å². The zero-order valence-electron chi connectivity index (χ0n) is 9.73. The molecular weight excluding hydrogens is 238 g/mol. The third kappa shape index (κ3) is 3.47. The molecule has 0 radical (unpaired) electrons. The van der Waals surface area contributed by atoms with Crippen LogP contribution in [0, 0.1) is 0 Å². The predicted molar refractivity (Wildman–Crippen MR) is 70.4 cm³/mol. The molecule has 1 rings (SSSR count). The van der Waals surface area contributed by atoms with Gasteiger partial charge in [0.05, 0.1) is 5.69 Å². The molecule has 0 bridgehead atoms. The van der Waals surface area contributed by atoms with E-state index in [9.17, 15) is 8.42 Å². The van der Waals surface area contributed by atoms with E-state index in [2.05, 4.69) is 16.6 Å². The summed E-state index contributed by atoms with van der Waals surface area (Å²) >= 11 is 0. The summed E-state index contributed by atoms with van der Waals surface area (Å²) in [6, 6.07) is 4.77. The van der Waals surface area contributed by atoms with E-state index in [4.69, 9.17) is 5.73 Å². The minimum absolute atomic E-state index is 0.0919. The fourth-order valence-corrected chi connectivity index (χ4v) is 2.17. The highest BCUT2D eigenvalue weighted by Crippen LogP contribution is 2.22. The van der Waals surface area contributed by atoms with Crippen molar-refractivity contribution in [2.75, 3.05) is 24.6 Å². The summed E-state index contributed by atoms with van der Waals surface area (Å²) in [6.07, 6.45) is 2.63. The number of anilines is 2. The lowest BCUT2D eigenvalue weighted by Crippen LogP contribution is -2.20. The molecule has 1 aromatic rings. The maximum absolute atomic E-state index is 11.6. The number of nitrogen functional groups attached to an aromatic ring is 1.